The Morgan fingerprint density at radius 3 is 2.47 bits per heavy atom. The normalized spacial score (nSPS) is 18.6. The lowest BCUT2D eigenvalue weighted by Gasteiger charge is -2.35. The van der Waals surface area contributed by atoms with Gasteiger partial charge in [-0.1, -0.05) is 33.8 Å². The molecule has 0 saturated carbocycles. The smallest absolute Gasteiger partial charge is 0.281 e. The van der Waals surface area contributed by atoms with Crippen molar-refractivity contribution in [1.29, 1.82) is 0 Å². The Morgan fingerprint density at radius 1 is 1.28 bits per heavy atom. The molecule has 32 heavy (non-hydrogen) atoms. The second-order valence-electron chi connectivity index (χ2n) is 10.0. The van der Waals surface area contributed by atoms with Crippen molar-refractivity contribution in [2.45, 2.75) is 63.9 Å². The molecule has 1 fully saturated rings. The fourth-order valence-corrected chi connectivity index (χ4v) is 6.00. The molecule has 174 valence electrons. The van der Waals surface area contributed by atoms with E-state index in [1.165, 1.54) is 18.2 Å². The van der Waals surface area contributed by atoms with E-state index in [0.29, 0.717) is 16.2 Å². The molecule has 8 nitrogen and oxygen atoms in total. The van der Waals surface area contributed by atoms with E-state index in [9.17, 15) is 13.2 Å². The van der Waals surface area contributed by atoms with E-state index in [0.717, 1.165) is 18.7 Å². The number of carbonyl (C=O) groups excluding carboxylic acids is 1. The fourth-order valence-electron chi connectivity index (χ4n) is 4.15. The topological polar surface area (TPSA) is 118 Å². The van der Waals surface area contributed by atoms with Crippen LogP contribution >= 0.6 is 15.9 Å². The molecule has 1 unspecified atom stereocenters. The van der Waals surface area contributed by atoms with Gasteiger partial charge in [0.25, 0.3) is 15.9 Å². The van der Waals surface area contributed by atoms with Crippen LogP contribution in [0.2, 0.25) is 0 Å². The third-order valence-corrected chi connectivity index (χ3v) is 7.32. The zero-order valence-electron chi connectivity index (χ0n) is 19.2. The Kier molecular flexibility index (Phi) is 6.34. The molecule has 0 spiro atoms. The van der Waals surface area contributed by atoms with Gasteiger partial charge in [-0.15, -0.1) is 0 Å². The number of nitrogens with two attached hydrogens (primary N) is 1. The van der Waals surface area contributed by atoms with Gasteiger partial charge in [0.05, 0.1) is 11.3 Å². The maximum Gasteiger partial charge on any atom is 0.281 e. The molecule has 0 bridgehead atoms. The molecule has 0 radical (unpaired) electrons. The number of halogens is 1. The summed E-state index contributed by atoms with van der Waals surface area (Å²) >= 11 is 3.53. The molecule has 1 atom stereocenters. The van der Waals surface area contributed by atoms with Crippen LogP contribution in [0.15, 0.2) is 33.8 Å². The summed E-state index contributed by atoms with van der Waals surface area (Å²) in [6, 6.07) is 5.88. The molecular formula is C22H30BrN5O3S. The Bertz CT molecular complexity index is 1160. The Balaban J connectivity index is 2.11. The van der Waals surface area contributed by atoms with Gasteiger partial charge in [-0.2, -0.15) is 8.42 Å². The van der Waals surface area contributed by atoms with Gasteiger partial charge in [-0.05, 0) is 60.3 Å². The third kappa shape index (κ3) is 4.91. The van der Waals surface area contributed by atoms with Crippen LogP contribution in [0.5, 0.6) is 0 Å². The quantitative estimate of drug-likeness (QED) is 0.624. The molecule has 3 rings (SSSR count). The summed E-state index contributed by atoms with van der Waals surface area (Å²) in [7, 11) is -4.21. The average Bonchev–Trinajstić information content (AvgIpc) is 2.92. The maximum absolute atomic E-state index is 13.3. The number of nitrogen functional groups attached to an aromatic ring is 1. The van der Waals surface area contributed by atoms with E-state index in [1.54, 1.807) is 6.07 Å². The Labute approximate surface area is 198 Å². The van der Waals surface area contributed by atoms with Crippen molar-refractivity contribution in [2.24, 2.45) is 5.92 Å². The van der Waals surface area contributed by atoms with Crippen LogP contribution in [0.25, 0.3) is 0 Å². The highest BCUT2D eigenvalue weighted by Gasteiger charge is 2.40. The van der Waals surface area contributed by atoms with E-state index in [2.05, 4.69) is 51.3 Å². The molecule has 2 aromatic rings. The van der Waals surface area contributed by atoms with Crippen molar-refractivity contribution in [1.82, 2.24) is 14.7 Å². The minimum Gasteiger partial charge on any atom is -0.384 e. The van der Waals surface area contributed by atoms with Gasteiger partial charge in [0.2, 0.25) is 0 Å². The van der Waals surface area contributed by atoms with Crippen LogP contribution in [-0.2, 0) is 15.4 Å². The van der Waals surface area contributed by atoms with Gasteiger partial charge < -0.3 is 10.6 Å². The molecular weight excluding hydrogens is 494 g/mol. The maximum atomic E-state index is 13.3. The second kappa shape index (κ2) is 8.30. The fraction of sp³-hybridized carbons (Fsp3) is 0.500. The summed E-state index contributed by atoms with van der Waals surface area (Å²) in [4.78, 5) is 24.1. The molecule has 3 heterocycles. The van der Waals surface area contributed by atoms with Gasteiger partial charge in [0, 0.05) is 22.0 Å². The second-order valence-corrected chi connectivity index (χ2v) is 12.5. The summed E-state index contributed by atoms with van der Waals surface area (Å²) < 4.78 is 28.4. The molecule has 1 aliphatic rings. The number of aromatic nitrogens is 2. The zero-order valence-corrected chi connectivity index (χ0v) is 21.6. The molecule has 1 aliphatic heterocycles. The largest absolute Gasteiger partial charge is 0.384 e. The van der Waals surface area contributed by atoms with Crippen molar-refractivity contribution in [3.05, 3.63) is 40.0 Å². The van der Waals surface area contributed by atoms with Crippen molar-refractivity contribution < 1.29 is 13.2 Å². The number of pyridine rings is 2. The van der Waals surface area contributed by atoms with Gasteiger partial charge in [0.15, 0.2) is 5.03 Å². The van der Waals surface area contributed by atoms with Gasteiger partial charge in [-0.25, -0.2) is 14.7 Å². The number of hydrogen-bond acceptors (Lipinski definition) is 7. The molecule has 0 aliphatic carbocycles. The van der Waals surface area contributed by atoms with Crippen molar-refractivity contribution >= 4 is 43.5 Å². The summed E-state index contributed by atoms with van der Waals surface area (Å²) in [6.45, 7) is 13.2. The van der Waals surface area contributed by atoms with E-state index >= 15 is 0 Å². The minimum absolute atomic E-state index is 0.0489. The first kappa shape index (κ1) is 24.4. The third-order valence-electron chi connectivity index (χ3n) is 5.49. The number of nitrogens with one attached hydrogen (secondary N) is 1. The SMILES string of the molecule is CC1CN(c2nc(C(C)(C)C)c(Br)cc2C(=O)NS(=O)(=O)c2cccc(N)n2)C(C)(C)C1. The number of hydrogen-bond donors (Lipinski definition) is 2. The number of amides is 1. The van der Waals surface area contributed by atoms with E-state index < -0.39 is 15.9 Å². The average molecular weight is 524 g/mol. The summed E-state index contributed by atoms with van der Waals surface area (Å²) in [5.41, 5.74) is 6.07. The number of anilines is 2. The first-order valence-electron chi connectivity index (χ1n) is 10.4. The first-order valence-corrected chi connectivity index (χ1v) is 12.7. The predicted octanol–water partition coefficient (Wildman–Crippen LogP) is 3.86. The zero-order chi connectivity index (χ0) is 24.1. The van der Waals surface area contributed by atoms with Crippen LogP contribution in [0.4, 0.5) is 11.6 Å². The highest BCUT2D eigenvalue weighted by molar-refractivity contribution is 9.10. The molecule has 3 N–H and O–H groups in total. The lowest BCUT2D eigenvalue weighted by molar-refractivity contribution is 0.0981. The minimum atomic E-state index is -4.21. The van der Waals surface area contributed by atoms with E-state index in [1.807, 2.05) is 20.8 Å². The summed E-state index contributed by atoms with van der Waals surface area (Å²) in [5, 5.41) is -0.319. The number of nitrogens with zero attached hydrogens (tertiary/aromatic N) is 3. The van der Waals surface area contributed by atoms with Gasteiger partial charge >= 0.3 is 0 Å². The van der Waals surface area contributed by atoms with Crippen LogP contribution in [-0.4, -0.2) is 36.4 Å². The lowest BCUT2D eigenvalue weighted by atomic mass is 9.91. The van der Waals surface area contributed by atoms with Crippen LogP contribution in [0.3, 0.4) is 0 Å². The van der Waals surface area contributed by atoms with Crippen molar-refractivity contribution in [3.63, 3.8) is 0 Å². The predicted molar refractivity (Wildman–Crippen MR) is 129 cm³/mol. The summed E-state index contributed by atoms with van der Waals surface area (Å²) in [5.74, 6) is 0.159. The molecule has 10 heteroatoms. The lowest BCUT2D eigenvalue weighted by Crippen LogP contribution is -2.41. The number of sulfonamides is 1. The summed E-state index contributed by atoms with van der Waals surface area (Å²) in [6.07, 6.45) is 0.933. The molecule has 1 amide bonds. The molecule has 0 aromatic carbocycles. The number of carbonyl (C=O) groups is 1. The Morgan fingerprint density at radius 2 is 1.94 bits per heavy atom. The van der Waals surface area contributed by atoms with Crippen molar-refractivity contribution in [2.75, 3.05) is 17.2 Å². The van der Waals surface area contributed by atoms with Gasteiger partial charge in [-0.3, -0.25) is 4.79 Å². The standard InChI is InChI=1S/C22H30BrN5O3S/c1-13-11-22(5,6)28(12-13)19-14(10-15(23)18(26-19)21(2,3)4)20(29)27-32(30,31)17-9-7-8-16(24)25-17/h7-10,13H,11-12H2,1-6H3,(H2,24,25)(H,27,29). The van der Waals surface area contributed by atoms with E-state index in [-0.39, 0.29) is 27.4 Å². The monoisotopic (exact) mass is 523 g/mol. The van der Waals surface area contributed by atoms with Crippen molar-refractivity contribution in [3.8, 4) is 0 Å². The van der Waals surface area contributed by atoms with Crippen LogP contribution in [0, 0.1) is 5.92 Å². The highest BCUT2D eigenvalue weighted by atomic mass is 79.9. The highest BCUT2D eigenvalue weighted by Crippen LogP contribution is 2.40. The molecule has 1 saturated heterocycles. The molecule has 2 aromatic heterocycles. The van der Waals surface area contributed by atoms with Crippen LogP contribution in [0.1, 0.15) is 64.0 Å². The Hall–Kier alpha value is -2.20. The van der Waals surface area contributed by atoms with Gasteiger partial charge in [0.1, 0.15) is 11.6 Å². The number of rotatable bonds is 4. The first-order chi connectivity index (χ1) is 14.6. The van der Waals surface area contributed by atoms with E-state index in [4.69, 9.17) is 10.7 Å². The van der Waals surface area contributed by atoms with Crippen LogP contribution < -0.4 is 15.4 Å².